The maximum atomic E-state index is 11.1. The lowest BCUT2D eigenvalue weighted by atomic mass is 9.27. The zero-order valence-corrected chi connectivity index (χ0v) is 7.45. The third-order valence-electron chi connectivity index (χ3n) is 1.61. The first-order chi connectivity index (χ1) is 5.77. The smallest absolute Gasteiger partial charge is 0.277 e. The fourth-order valence-electron chi connectivity index (χ4n) is 0.989. The van der Waals surface area contributed by atoms with Gasteiger partial charge in [0.15, 0.2) is 0 Å². The van der Waals surface area contributed by atoms with Gasteiger partial charge in [-0.1, -0.05) is 0 Å². The Kier molecular flexibility index (Phi) is 3.25. The quantitative estimate of drug-likeness (QED) is 0.410. The van der Waals surface area contributed by atoms with Crippen molar-refractivity contribution in [1.82, 2.24) is 14.7 Å². The van der Waals surface area contributed by atoms with Crippen LogP contribution in [0.3, 0.4) is 0 Å². The molecule has 0 aliphatic carbocycles. The number of rotatable bonds is 3. The predicted octanol–water partition coefficient (Wildman–Crippen LogP) is -5.65. The molecule has 0 atom stereocenters. The second kappa shape index (κ2) is 4.23. The highest BCUT2D eigenvalue weighted by Crippen LogP contribution is 1.62. The molecule has 0 N–H and O–H groups in total. The van der Waals surface area contributed by atoms with Gasteiger partial charge in [-0.15, -0.1) is 0 Å². The summed E-state index contributed by atoms with van der Waals surface area (Å²) in [4.78, 5) is 15.0. The Labute approximate surface area is 74.7 Å². The van der Waals surface area contributed by atoms with E-state index in [-0.39, 0.29) is 5.69 Å². The SMILES string of the molecule is BBBc1cnn(BB)c(=O)n1. The Morgan fingerprint density at radius 2 is 2.25 bits per heavy atom. The third kappa shape index (κ3) is 2.06. The highest BCUT2D eigenvalue weighted by molar-refractivity contribution is 7.27. The zero-order chi connectivity index (χ0) is 8.97. The van der Waals surface area contributed by atoms with Gasteiger partial charge in [-0.05, 0) is 0 Å². The van der Waals surface area contributed by atoms with Gasteiger partial charge in [-0.2, -0.15) is 5.10 Å². The first-order valence-electron chi connectivity index (χ1n) is 4.21. The predicted molar refractivity (Wildman–Crippen MR) is 59.9 cm³/mol. The lowest BCUT2D eigenvalue weighted by molar-refractivity contribution is 0.850. The molecule has 0 aliphatic heterocycles. The van der Waals surface area contributed by atoms with E-state index in [9.17, 15) is 4.79 Å². The molecule has 1 rings (SSSR count). The number of nitrogens with zero attached hydrogens (tertiary/aromatic N) is 3. The Bertz CT molecular complexity index is 313. The summed E-state index contributed by atoms with van der Waals surface area (Å²) in [7, 11) is 6.32. The van der Waals surface area contributed by atoms with Crippen LogP contribution in [0.5, 0.6) is 0 Å². The van der Waals surface area contributed by atoms with Crippen molar-refractivity contribution >= 4 is 42.6 Å². The van der Waals surface area contributed by atoms with Gasteiger partial charge < -0.3 is 0 Å². The van der Waals surface area contributed by atoms with Gasteiger partial charge in [0.25, 0.3) is 0 Å². The van der Waals surface area contributed by atoms with Crippen LogP contribution in [0.2, 0.25) is 0 Å². The standard InChI is InChI=1S/C3H8B5N3O/c4-7-6-2-1-9-11(8-5)3(12)10-2/h1,6-8H,4-5H2. The second-order valence-corrected chi connectivity index (χ2v) is 2.60. The van der Waals surface area contributed by atoms with Crippen molar-refractivity contribution in [3.05, 3.63) is 16.7 Å². The van der Waals surface area contributed by atoms with Crippen LogP contribution in [-0.4, -0.2) is 51.7 Å². The summed E-state index contributed by atoms with van der Waals surface area (Å²) < 4.78 is 1.35. The summed E-state index contributed by atoms with van der Waals surface area (Å²) in [6, 6.07) is 0. The van der Waals surface area contributed by atoms with Crippen LogP contribution in [0, 0.1) is 0 Å². The molecule has 4 nitrogen and oxygen atoms in total. The summed E-state index contributed by atoms with van der Waals surface area (Å²) in [5, 5.41) is 3.96. The van der Waals surface area contributed by atoms with E-state index in [2.05, 4.69) is 10.1 Å². The molecule has 0 radical (unpaired) electrons. The fourth-order valence-corrected chi connectivity index (χ4v) is 0.989. The van der Waals surface area contributed by atoms with E-state index in [0.717, 1.165) is 19.8 Å². The van der Waals surface area contributed by atoms with E-state index in [1.54, 1.807) is 6.20 Å². The summed E-state index contributed by atoms with van der Waals surface area (Å²) in [5.41, 5.74) is 0.538. The molecule has 0 fully saturated rings. The topological polar surface area (TPSA) is 47.8 Å². The number of aromatic nitrogens is 3. The molecule has 56 valence electrons. The van der Waals surface area contributed by atoms with Crippen molar-refractivity contribution < 1.29 is 0 Å². The minimum Gasteiger partial charge on any atom is -0.277 e. The molecular weight excluding hydrogens is 148 g/mol. The van der Waals surface area contributed by atoms with Crippen LogP contribution < -0.4 is 11.3 Å². The second-order valence-electron chi connectivity index (χ2n) is 2.60. The van der Waals surface area contributed by atoms with Crippen LogP contribution in [0.1, 0.15) is 0 Å². The van der Waals surface area contributed by atoms with Gasteiger partial charge in [-0.25, -0.2) is 9.78 Å². The molecule has 1 heterocycles. The molecule has 0 saturated carbocycles. The van der Waals surface area contributed by atoms with Gasteiger partial charge in [0, 0.05) is 5.59 Å². The van der Waals surface area contributed by atoms with Gasteiger partial charge >= 0.3 is 5.69 Å². The van der Waals surface area contributed by atoms with Gasteiger partial charge in [0.05, 0.1) is 28.7 Å². The van der Waals surface area contributed by atoms with Crippen LogP contribution in [-0.2, 0) is 0 Å². The molecule has 1 aromatic rings. The average Bonchev–Trinajstić information content (AvgIpc) is 2.05. The number of hydrogen-bond acceptors (Lipinski definition) is 3. The summed E-state index contributed by atoms with van der Waals surface area (Å²) in [6.07, 6.45) is 1.66. The van der Waals surface area contributed by atoms with Crippen molar-refractivity contribution in [2.75, 3.05) is 0 Å². The minimum atomic E-state index is -0.247. The normalized spacial score (nSPS) is 9.00. The van der Waals surface area contributed by atoms with E-state index >= 15 is 0 Å². The lowest BCUT2D eigenvalue weighted by Gasteiger charge is -1.98. The molecule has 1 aromatic heterocycles. The van der Waals surface area contributed by atoms with Crippen LogP contribution in [0.15, 0.2) is 11.0 Å². The largest absolute Gasteiger partial charge is 0.349 e. The third-order valence-corrected chi connectivity index (χ3v) is 1.61. The van der Waals surface area contributed by atoms with Crippen LogP contribution >= 0.6 is 0 Å². The number of hydrogen-bond donors (Lipinski definition) is 0. The molecule has 12 heavy (non-hydrogen) atoms. The summed E-state index contributed by atoms with van der Waals surface area (Å²) >= 11 is 0. The molecule has 0 saturated heterocycles. The first-order valence-corrected chi connectivity index (χ1v) is 4.21. The molecular formula is C3H8B5N3O. The van der Waals surface area contributed by atoms with Gasteiger partial charge in [0.1, 0.15) is 7.17 Å². The molecule has 9 heteroatoms. The molecule has 0 aliphatic rings. The van der Waals surface area contributed by atoms with Crippen molar-refractivity contribution in [1.29, 1.82) is 0 Å². The van der Waals surface area contributed by atoms with Crippen molar-refractivity contribution in [2.24, 2.45) is 0 Å². The van der Waals surface area contributed by atoms with E-state index in [1.165, 1.54) is 4.59 Å². The van der Waals surface area contributed by atoms with Crippen molar-refractivity contribution in [2.45, 2.75) is 0 Å². The summed E-state index contributed by atoms with van der Waals surface area (Å²) in [6.45, 7) is 0. The Hall–Kier alpha value is -0.865. The highest BCUT2D eigenvalue weighted by Gasteiger charge is 1.99. The fraction of sp³-hybridized carbons (Fsp3) is 0. The van der Waals surface area contributed by atoms with E-state index < -0.39 is 0 Å². The molecule has 0 bridgehead atoms. The Morgan fingerprint density at radius 3 is 2.75 bits per heavy atom. The van der Waals surface area contributed by atoms with E-state index in [4.69, 9.17) is 0 Å². The Morgan fingerprint density at radius 1 is 1.50 bits per heavy atom. The lowest BCUT2D eigenvalue weighted by Crippen LogP contribution is -2.38. The zero-order valence-electron chi connectivity index (χ0n) is 7.45. The van der Waals surface area contributed by atoms with Crippen LogP contribution in [0.25, 0.3) is 0 Å². The van der Waals surface area contributed by atoms with Gasteiger partial charge in [0.2, 0.25) is 7.31 Å². The van der Waals surface area contributed by atoms with Crippen LogP contribution in [0.4, 0.5) is 0 Å². The molecule has 0 spiro atoms. The van der Waals surface area contributed by atoms with Gasteiger partial charge in [-0.3, -0.25) is 4.59 Å². The first kappa shape index (κ1) is 9.22. The molecule has 0 unspecified atom stereocenters. The molecule has 0 amide bonds. The maximum absolute atomic E-state index is 11.1. The van der Waals surface area contributed by atoms with E-state index in [1.807, 2.05) is 15.5 Å². The van der Waals surface area contributed by atoms with Crippen molar-refractivity contribution in [3.63, 3.8) is 0 Å². The minimum absolute atomic E-state index is 0.247. The monoisotopic (exact) mass is 157 g/mol. The Balaban J connectivity index is 2.94. The summed E-state index contributed by atoms with van der Waals surface area (Å²) in [5.74, 6) is 0. The highest BCUT2D eigenvalue weighted by atomic mass is 16.1. The van der Waals surface area contributed by atoms with E-state index in [0.29, 0.717) is 7.31 Å². The average molecular weight is 156 g/mol. The maximum Gasteiger partial charge on any atom is 0.349 e. The van der Waals surface area contributed by atoms with Crippen molar-refractivity contribution in [3.8, 4) is 0 Å². The molecule has 0 aromatic carbocycles.